The molecule has 3 aromatic rings. The van der Waals surface area contributed by atoms with Gasteiger partial charge < -0.3 is 25.8 Å². The molecular formula is C23H32N10O. The summed E-state index contributed by atoms with van der Waals surface area (Å²) in [5.41, 5.74) is 8.60. The van der Waals surface area contributed by atoms with Gasteiger partial charge in [0.1, 0.15) is 0 Å². The summed E-state index contributed by atoms with van der Waals surface area (Å²) in [6.45, 7) is 5.10. The van der Waals surface area contributed by atoms with Crippen LogP contribution in [-0.4, -0.2) is 80.0 Å². The average Bonchev–Trinajstić information content (AvgIpc) is 3.50. The van der Waals surface area contributed by atoms with Crippen molar-refractivity contribution in [1.82, 2.24) is 34.3 Å². The highest BCUT2D eigenvalue weighted by Crippen LogP contribution is 2.33. The van der Waals surface area contributed by atoms with E-state index in [1.54, 1.807) is 0 Å². The van der Waals surface area contributed by atoms with Gasteiger partial charge in [-0.1, -0.05) is 12.8 Å². The first-order valence-corrected chi connectivity index (χ1v) is 11.9. The number of nitrogens with one attached hydrogen (secondary N) is 2. The van der Waals surface area contributed by atoms with Gasteiger partial charge in [-0.3, -0.25) is 14.7 Å². The Labute approximate surface area is 198 Å². The van der Waals surface area contributed by atoms with E-state index in [9.17, 15) is 4.79 Å². The molecule has 1 amide bonds. The number of carbonyl (C=O) groups is 1. The smallest absolute Gasteiger partial charge is 0.236 e. The van der Waals surface area contributed by atoms with Crippen LogP contribution < -0.4 is 16.4 Å². The van der Waals surface area contributed by atoms with E-state index in [0.29, 0.717) is 23.3 Å². The van der Waals surface area contributed by atoms with Gasteiger partial charge in [-0.15, -0.1) is 0 Å². The van der Waals surface area contributed by atoms with Crippen LogP contribution in [0, 0.1) is 0 Å². The van der Waals surface area contributed by atoms with Gasteiger partial charge in [0.2, 0.25) is 11.9 Å². The first-order valence-electron chi connectivity index (χ1n) is 11.9. The van der Waals surface area contributed by atoms with Gasteiger partial charge >= 0.3 is 0 Å². The fourth-order valence-corrected chi connectivity index (χ4v) is 4.66. The molecule has 180 valence electrons. The molecule has 1 aliphatic heterocycles. The summed E-state index contributed by atoms with van der Waals surface area (Å²) in [4.78, 5) is 34.6. The zero-order valence-electron chi connectivity index (χ0n) is 19.6. The molecule has 0 bridgehead atoms. The molecule has 0 aromatic carbocycles. The van der Waals surface area contributed by atoms with E-state index >= 15 is 0 Å². The van der Waals surface area contributed by atoms with Gasteiger partial charge in [0, 0.05) is 38.8 Å². The maximum atomic E-state index is 11.3. The van der Waals surface area contributed by atoms with Crippen molar-refractivity contribution in [2.45, 2.75) is 38.3 Å². The highest BCUT2D eigenvalue weighted by molar-refractivity contribution is 5.87. The quantitative estimate of drug-likeness (QED) is 0.456. The fraction of sp³-hybridized carbons (Fsp3) is 0.522. The van der Waals surface area contributed by atoms with Crippen LogP contribution in [0.1, 0.15) is 37.4 Å². The number of likely N-dealkylation sites (N-methyl/N-ethyl adjacent to an activating group) is 1. The van der Waals surface area contributed by atoms with Gasteiger partial charge in [0.25, 0.3) is 0 Å². The molecule has 1 saturated carbocycles. The second-order valence-electron chi connectivity index (χ2n) is 9.22. The summed E-state index contributed by atoms with van der Waals surface area (Å²) < 4.78 is 2.13. The topological polar surface area (TPSA) is 130 Å². The lowest BCUT2D eigenvalue weighted by molar-refractivity contribution is -0.116. The summed E-state index contributed by atoms with van der Waals surface area (Å²) in [6, 6.07) is 4.44. The summed E-state index contributed by atoms with van der Waals surface area (Å²) in [5.74, 6) is 0.443. The third-order valence-electron chi connectivity index (χ3n) is 6.63. The van der Waals surface area contributed by atoms with Crippen LogP contribution in [0.4, 0.5) is 17.5 Å². The maximum Gasteiger partial charge on any atom is 0.236 e. The van der Waals surface area contributed by atoms with Gasteiger partial charge in [-0.2, -0.15) is 9.97 Å². The number of nitrogens with zero attached hydrogens (tertiary/aromatic N) is 7. The van der Waals surface area contributed by atoms with Crippen LogP contribution in [-0.2, 0) is 11.3 Å². The lowest BCUT2D eigenvalue weighted by Crippen LogP contribution is -2.43. The van der Waals surface area contributed by atoms with Crippen LogP contribution in [0.15, 0.2) is 24.7 Å². The van der Waals surface area contributed by atoms with E-state index in [1.165, 1.54) is 12.8 Å². The largest absolute Gasteiger partial charge is 0.368 e. The van der Waals surface area contributed by atoms with E-state index in [4.69, 9.17) is 5.73 Å². The number of anilines is 3. The normalized spacial score (nSPS) is 17.9. The minimum absolute atomic E-state index is 0.0367. The van der Waals surface area contributed by atoms with Crippen LogP contribution in [0.3, 0.4) is 0 Å². The molecule has 0 spiro atoms. The van der Waals surface area contributed by atoms with Crippen molar-refractivity contribution in [2.24, 2.45) is 5.73 Å². The van der Waals surface area contributed by atoms with E-state index < -0.39 is 5.91 Å². The SMILES string of the molecule is CN1CCN(Cc2ccc(Nc3nc(NCC(N)=O)nc4c3ncn4C3CCCC3)cn2)CC1. The Balaban J connectivity index is 1.37. The first kappa shape index (κ1) is 22.5. The zero-order chi connectivity index (χ0) is 23.5. The van der Waals surface area contributed by atoms with Crippen molar-refractivity contribution >= 4 is 34.5 Å². The predicted molar refractivity (Wildman–Crippen MR) is 131 cm³/mol. The number of rotatable bonds is 8. The number of hydrogen-bond acceptors (Lipinski definition) is 9. The molecular weight excluding hydrogens is 432 g/mol. The minimum atomic E-state index is -0.470. The van der Waals surface area contributed by atoms with Crippen molar-refractivity contribution in [1.29, 1.82) is 0 Å². The fourth-order valence-electron chi connectivity index (χ4n) is 4.66. The molecule has 0 unspecified atom stereocenters. The van der Waals surface area contributed by atoms with Crippen LogP contribution in [0.2, 0.25) is 0 Å². The van der Waals surface area contributed by atoms with Gasteiger partial charge in [-0.05, 0) is 32.0 Å². The third kappa shape index (κ3) is 5.10. The Morgan fingerprint density at radius 1 is 1.12 bits per heavy atom. The van der Waals surface area contributed by atoms with E-state index in [0.717, 1.165) is 62.6 Å². The maximum absolute atomic E-state index is 11.3. The highest BCUT2D eigenvalue weighted by Gasteiger charge is 2.22. The minimum Gasteiger partial charge on any atom is -0.368 e. The molecule has 3 aromatic heterocycles. The molecule has 11 heteroatoms. The van der Waals surface area contributed by atoms with Gasteiger partial charge in [0.15, 0.2) is 17.0 Å². The number of piperazine rings is 1. The summed E-state index contributed by atoms with van der Waals surface area (Å²) in [6.07, 6.45) is 8.31. The molecule has 5 rings (SSSR count). The number of aromatic nitrogens is 5. The molecule has 1 aliphatic carbocycles. The molecule has 11 nitrogen and oxygen atoms in total. The number of pyridine rings is 1. The Morgan fingerprint density at radius 2 is 1.91 bits per heavy atom. The number of amides is 1. The number of fused-ring (bicyclic) bond motifs is 1. The molecule has 1 saturated heterocycles. The second-order valence-corrected chi connectivity index (χ2v) is 9.22. The Hall–Kier alpha value is -3.31. The number of carbonyl (C=O) groups excluding carboxylic acids is 1. The Morgan fingerprint density at radius 3 is 2.62 bits per heavy atom. The highest BCUT2D eigenvalue weighted by atomic mass is 16.1. The molecule has 34 heavy (non-hydrogen) atoms. The standard InChI is InChI=1S/C23H32N10O/c1-31-8-10-32(11-9-31)14-17-7-6-16(12-25-17)28-21-20-22(30-23(29-21)26-13-19(24)34)33(15-27-20)18-4-2-3-5-18/h6-7,12,15,18H,2-5,8-11,13-14H2,1H3,(H2,24,34)(H2,26,28,29,30). The van der Waals surface area contributed by atoms with Crippen molar-refractivity contribution in [3.63, 3.8) is 0 Å². The van der Waals surface area contributed by atoms with Crippen LogP contribution in [0.5, 0.6) is 0 Å². The van der Waals surface area contributed by atoms with Crippen molar-refractivity contribution in [2.75, 3.05) is 50.4 Å². The predicted octanol–water partition coefficient (Wildman–Crippen LogP) is 1.72. The van der Waals surface area contributed by atoms with Crippen LogP contribution >= 0.6 is 0 Å². The van der Waals surface area contributed by atoms with E-state index in [-0.39, 0.29) is 6.54 Å². The Bertz CT molecular complexity index is 1130. The number of imidazole rings is 1. The number of hydrogen-bond donors (Lipinski definition) is 3. The lowest BCUT2D eigenvalue weighted by atomic mass is 10.2. The molecule has 2 aliphatic rings. The molecule has 0 atom stereocenters. The molecule has 2 fully saturated rings. The molecule has 4 heterocycles. The second kappa shape index (κ2) is 9.90. The van der Waals surface area contributed by atoms with E-state index in [1.807, 2.05) is 24.7 Å². The summed E-state index contributed by atoms with van der Waals surface area (Å²) in [7, 11) is 2.16. The monoisotopic (exact) mass is 464 g/mol. The molecule has 0 radical (unpaired) electrons. The number of primary amides is 1. The van der Waals surface area contributed by atoms with Gasteiger partial charge in [-0.25, -0.2) is 4.98 Å². The number of nitrogens with two attached hydrogens (primary N) is 1. The van der Waals surface area contributed by atoms with Crippen molar-refractivity contribution < 1.29 is 4.79 Å². The average molecular weight is 465 g/mol. The third-order valence-corrected chi connectivity index (χ3v) is 6.63. The summed E-state index contributed by atoms with van der Waals surface area (Å²) in [5, 5.41) is 6.27. The van der Waals surface area contributed by atoms with Crippen molar-refractivity contribution in [3.8, 4) is 0 Å². The summed E-state index contributed by atoms with van der Waals surface area (Å²) >= 11 is 0. The molecule has 4 N–H and O–H groups in total. The zero-order valence-corrected chi connectivity index (χ0v) is 19.6. The lowest BCUT2D eigenvalue weighted by Gasteiger charge is -2.32. The first-order chi connectivity index (χ1) is 16.5. The van der Waals surface area contributed by atoms with Crippen LogP contribution in [0.25, 0.3) is 11.2 Å². The van der Waals surface area contributed by atoms with E-state index in [2.05, 4.69) is 52.0 Å². The van der Waals surface area contributed by atoms with Gasteiger partial charge in [0.05, 0.1) is 30.5 Å². The van der Waals surface area contributed by atoms with Crippen molar-refractivity contribution in [3.05, 3.63) is 30.4 Å². The Kier molecular flexibility index (Phi) is 6.54.